The molecule has 0 aromatic carbocycles. The van der Waals surface area contributed by atoms with Gasteiger partial charge in [0.15, 0.2) is 5.15 Å². The summed E-state index contributed by atoms with van der Waals surface area (Å²) in [5, 5.41) is 13.4. The normalized spacial score (nSPS) is 22.9. The number of rotatable bonds is 5. The molecule has 6 nitrogen and oxygen atoms in total. The molecule has 0 saturated carbocycles. The molecule has 124 valence electrons. The molecule has 1 aromatic heterocycles. The van der Waals surface area contributed by atoms with Crippen LogP contribution in [0.15, 0.2) is 10.6 Å². The summed E-state index contributed by atoms with van der Waals surface area (Å²) < 4.78 is 5.03. The van der Waals surface area contributed by atoms with Crippen molar-refractivity contribution in [1.29, 1.82) is 0 Å². The zero-order valence-electron chi connectivity index (χ0n) is 13.2. The number of aromatic nitrogens is 1. The molecule has 22 heavy (non-hydrogen) atoms. The van der Waals surface area contributed by atoms with Gasteiger partial charge in [0.05, 0.1) is 0 Å². The number of amides is 1. The summed E-state index contributed by atoms with van der Waals surface area (Å²) in [7, 11) is 4.06. The summed E-state index contributed by atoms with van der Waals surface area (Å²) in [6, 6.07) is 1.97. The molecule has 0 aliphatic carbocycles. The number of likely N-dealkylation sites (tertiary alicyclic amines) is 1. The Kier molecular flexibility index (Phi) is 6.23. The van der Waals surface area contributed by atoms with Crippen LogP contribution in [0, 0.1) is 5.92 Å². The first-order valence-corrected chi connectivity index (χ1v) is 8.03. The molecule has 0 spiro atoms. The van der Waals surface area contributed by atoms with E-state index in [1.54, 1.807) is 6.07 Å². The minimum absolute atomic E-state index is 0.0831. The number of aliphatic hydroxyl groups is 1. The van der Waals surface area contributed by atoms with Crippen LogP contribution in [0.3, 0.4) is 0 Å². The van der Waals surface area contributed by atoms with Gasteiger partial charge in [0.2, 0.25) is 5.91 Å². The van der Waals surface area contributed by atoms with Gasteiger partial charge in [-0.3, -0.25) is 4.79 Å². The highest BCUT2D eigenvalue weighted by atomic mass is 35.5. The van der Waals surface area contributed by atoms with E-state index in [0.29, 0.717) is 42.9 Å². The Morgan fingerprint density at radius 1 is 1.50 bits per heavy atom. The second-order valence-electron chi connectivity index (χ2n) is 6.16. The van der Waals surface area contributed by atoms with Crippen molar-refractivity contribution >= 4 is 17.5 Å². The lowest BCUT2D eigenvalue weighted by Crippen LogP contribution is -2.42. The van der Waals surface area contributed by atoms with E-state index in [4.69, 9.17) is 16.1 Å². The van der Waals surface area contributed by atoms with Gasteiger partial charge < -0.3 is 19.4 Å². The first kappa shape index (κ1) is 17.2. The van der Waals surface area contributed by atoms with Crippen LogP contribution < -0.4 is 0 Å². The average Bonchev–Trinajstić information content (AvgIpc) is 2.78. The quantitative estimate of drug-likeness (QED) is 0.884. The summed E-state index contributed by atoms with van der Waals surface area (Å²) in [4.78, 5) is 16.5. The van der Waals surface area contributed by atoms with Crippen LogP contribution in [-0.2, 0) is 11.2 Å². The molecule has 1 amide bonds. The Bertz CT molecular complexity index is 492. The molecular formula is C15H24ClN3O3. The van der Waals surface area contributed by atoms with E-state index < -0.39 is 0 Å². The zero-order chi connectivity index (χ0) is 16.1. The molecule has 1 aliphatic heterocycles. The molecular weight excluding hydrogens is 306 g/mol. The van der Waals surface area contributed by atoms with Gasteiger partial charge in [-0.1, -0.05) is 16.8 Å². The van der Waals surface area contributed by atoms with Gasteiger partial charge in [-0.2, -0.15) is 0 Å². The van der Waals surface area contributed by atoms with Crippen molar-refractivity contribution in [3.63, 3.8) is 0 Å². The Labute approximate surface area is 136 Å². The molecule has 1 aliphatic rings. The second-order valence-corrected chi connectivity index (χ2v) is 6.55. The molecule has 1 fully saturated rings. The second kappa shape index (κ2) is 7.94. The number of nitrogens with zero attached hydrogens (tertiary/aromatic N) is 3. The summed E-state index contributed by atoms with van der Waals surface area (Å²) in [5.41, 5.74) is 0. The van der Waals surface area contributed by atoms with Crippen LogP contribution in [0.1, 0.15) is 25.0 Å². The highest BCUT2D eigenvalue weighted by molar-refractivity contribution is 6.29. The van der Waals surface area contributed by atoms with Crippen LogP contribution in [0.5, 0.6) is 0 Å². The van der Waals surface area contributed by atoms with Crippen molar-refractivity contribution in [2.24, 2.45) is 5.92 Å². The van der Waals surface area contributed by atoms with Gasteiger partial charge in [0, 0.05) is 44.6 Å². The van der Waals surface area contributed by atoms with Crippen molar-refractivity contribution in [2.45, 2.75) is 31.7 Å². The van der Waals surface area contributed by atoms with E-state index in [9.17, 15) is 9.90 Å². The Balaban J connectivity index is 1.95. The molecule has 0 radical (unpaired) electrons. The Morgan fingerprint density at radius 2 is 2.27 bits per heavy atom. The largest absolute Gasteiger partial charge is 0.396 e. The van der Waals surface area contributed by atoms with E-state index in [1.165, 1.54) is 0 Å². The van der Waals surface area contributed by atoms with Crippen LogP contribution >= 0.6 is 11.6 Å². The van der Waals surface area contributed by atoms with E-state index >= 15 is 0 Å². The highest BCUT2D eigenvalue weighted by Crippen LogP contribution is 2.20. The number of carbonyl (C=O) groups is 1. The van der Waals surface area contributed by atoms with Gasteiger partial charge in [0.25, 0.3) is 0 Å². The number of likely N-dealkylation sites (N-methyl/N-ethyl adjacent to an activating group) is 1. The number of aryl methyl sites for hydroxylation is 1. The molecule has 1 aromatic rings. The molecule has 7 heteroatoms. The summed E-state index contributed by atoms with van der Waals surface area (Å²) in [5.74, 6) is 0.865. The van der Waals surface area contributed by atoms with E-state index in [0.717, 1.165) is 12.8 Å². The predicted molar refractivity (Wildman–Crippen MR) is 83.7 cm³/mol. The number of hydrogen-bond acceptors (Lipinski definition) is 5. The molecule has 0 unspecified atom stereocenters. The van der Waals surface area contributed by atoms with Gasteiger partial charge in [-0.05, 0) is 32.9 Å². The maximum absolute atomic E-state index is 12.5. The zero-order valence-corrected chi connectivity index (χ0v) is 13.9. The van der Waals surface area contributed by atoms with Crippen molar-refractivity contribution < 1.29 is 14.4 Å². The third-order valence-corrected chi connectivity index (χ3v) is 4.45. The predicted octanol–water partition coefficient (Wildman–Crippen LogP) is 1.42. The van der Waals surface area contributed by atoms with Gasteiger partial charge in [-0.15, -0.1) is 0 Å². The number of carbonyl (C=O) groups excluding carboxylic acids is 1. The maximum Gasteiger partial charge on any atom is 0.223 e. The van der Waals surface area contributed by atoms with Crippen LogP contribution in [0.4, 0.5) is 0 Å². The minimum atomic E-state index is 0.0831. The van der Waals surface area contributed by atoms with E-state index in [-0.39, 0.29) is 18.4 Å². The summed E-state index contributed by atoms with van der Waals surface area (Å²) >= 11 is 5.70. The van der Waals surface area contributed by atoms with E-state index in [2.05, 4.69) is 10.1 Å². The van der Waals surface area contributed by atoms with Gasteiger partial charge in [-0.25, -0.2) is 0 Å². The summed E-state index contributed by atoms with van der Waals surface area (Å²) in [6.07, 6.45) is 2.80. The molecule has 1 saturated heterocycles. The lowest BCUT2D eigenvalue weighted by molar-refractivity contribution is -0.132. The van der Waals surface area contributed by atoms with Gasteiger partial charge >= 0.3 is 0 Å². The molecule has 1 N–H and O–H groups in total. The SMILES string of the molecule is CN(C)[C@@H]1CC[C@H](CO)CN(C(=O)CCc2cc(Cl)no2)C1. The van der Waals surface area contributed by atoms with Crippen LogP contribution in [-0.4, -0.2) is 65.8 Å². The van der Waals surface area contributed by atoms with E-state index in [1.807, 2.05) is 19.0 Å². The smallest absolute Gasteiger partial charge is 0.223 e. The number of halogens is 1. The average molecular weight is 330 g/mol. The first-order chi connectivity index (χ1) is 10.5. The van der Waals surface area contributed by atoms with Crippen molar-refractivity contribution in [1.82, 2.24) is 15.0 Å². The van der Waals surface area contributed by atoms with Crippen molar-refractivity contribution in [3.8, 4) is 0 Å². The fraction of sp³-hybridized carbons (Fsp3) is 0.733. The number of hydrogen-bond donors (Lipinski definition) is 1. The van der Waals surface area contributed by atoms with Crippen molar-refractivity contribution in [3.05, 3.63) is 17.0 Å². The number of aliphatic hydroxyl groups excluding tert-OH is 1. The monoisotopic (exact) mass is 329 g/mol. The molecule has 2 rings (SSSR count). The first-order valence-electron chi connectivity index (χ1n) is 7.65. The lowest BCUT2D eigenvalue weighted by atomic mass is 10.0. The topological polar surface area (TPSA) is 69.8 Å². The third kappa shape index (κ3) is 4.69. The minimum Gasteiger partial charge on any atom is -0.396 e. The fourth-order valence-electron chi connectivity index (χ4n) is 2.82. The highest BCUT2D eigenvalue weighted by Gasteiger charge is 2.27. The maximum atomic E-state index is 12.5. The lowest BCUT2D eigenvalue weighted by Gasteiger charge is -2.29. The molecule has 0 bridgehead atoms. The molecule has 2 atom stereocenters. The standard InChI is InChI=1S/C15H24ClN3O3/c1-18(2)12-4-3-11(10-20)8-19(9-12)15(21)6-5-13-7-14(16)17-22-13/h7,11-12,20H,3-6,8-10H2,1-2H3/t11-,12+/m0/s1. The van der Waals surface area contributed by atoms with Crippen LogP contribution in [0.2, 0.25) is 5.15 Å². The Morgan fingerprint density at radius 3 is 2.86 bits per heavy atom. The Hall–Kier alpha value is -1.11. The third-order valence-electron chi connectivity index (χ3n) is 4.27. The van der Waals surface area contributed by atoms with Crippen LogP contribution in [0.25, 0.3) is 0 Å². The fourth-order valence-corrected chi connectivity index (χ4v) is 2.98. The van der Waals surface area contributed by atoms with Gasteiger partial charge in [0.1, 0.15) is 5.76 Å². The molecule has 2 heterocycles. The van der Waals surface area contributed by atoms with Crippen molar-refractivity contribution in [2.75, 3.05) is 33.8 Å². The summed E-state index contributed by atoms with van der Waals surface area (Å²) in [6.45, 7) is 1.46.